The third-order valence-electron chi connectivity index (χ3n) is 2.52. The van der Waals surface area contributed by atoms with E-state index in [2.05, 4.69) is 60.3 Å². The quantitative estimate of drug-likeness (QED) is 0.841. The first kappa shape index (κ1) is 11.4. The molecule has 0 saturated carbocycles. The highest BCUT2D eigenvalue weighted by molar-refractivity contribution is 7.08. The monoisotopic (exact) mass is 231 g/mol. The molecule has 0 unspecified atom stereocenters. The van der Waals surface area contributed by atoms with E-state index in [1.807, 2.05) is 0 Å². The molecule has 0 atom stereocenters. The van der Waals surface area contributed by atoms with E-state index in [1.54, 1.807) is 11.3 Å². The number of nitrogens with one attached hydrogen (secondary N) is 1. The Labute approximate surface area is 101 Å². The Morgan fingerprint density at radius 2 is 1.81 bits per heavy atom. The van der Waals surface area contributed by atoms with Gasteiger partial charge in [-0.25, -0.2) is 0 Å². The lowest BCUT2D eigenvalue weighted by molar-refractivity contribution is 0.589. The molecule has 0 radical (unpaired) electrons. The van der Waals surface area contributed by atoms with Crippen molar-refractivity contribution in [3.8, 4) is 11.1 Å². The highest BCUT2D eigenvalue weighted by Gasteiger charge is 1.99. The molecule has 1 N–H and O–H groups in total. The fourth-order valence-corrected chi connectivity index (χ4v) is 2.23. The second kappa shape index (κ2) is 5.28. The highest BCUT2D eigenvalue weighted by atomic mass is 32.1. The second-order valence-corrected chi connectivity index (χ2v) is 5.02. The fraction of sp³-hybridized carbons (Fsp3) is 0.286. The molecule has 1 aromatic carbocycles. The van der Waals surface area contributed by atoms with Gasteiger partial charge in [-0.2, -0.15) is 11.3 Å². The molecular formula is C14H17NS. The maximum absolute atomic E-state index is 3.42. The molecule has 16 heavy (non-hydrogen) atoms. The minimum atomic E-state index is 0.538. The van der Waals surface area contributed by atoms with Crippen LogP contribution >= 0.6 is 11.3 Å². The van der Waals surface area contributed by atoms with Crippen molar-refractivity contribution in [3.63, 3.8) is 0 Å². The van der Waals surface area contributed by atoms with Gasteiger partial charge in [-0.15, -0.1) is 0 Å². The molecule has 1 heterocycles. The van der Waals surface area contributed by atoms with Crippen LogP contribution in [0.5, 0.6) is 0 Å². The number of hydrogen-bond donors (Lipinski definition) is 1. The minimum absolute atomic E-state index is 0.538. The molecule has 2 aromatic rings. The molecule has 0 amide bonds. The molecule has 1 nitrogen and oxygen atoms in total. The van der Waals surface area contributed by atoms with E-state index in [4.69, 9.17) is 0 Å². The summed E-state index contributed by atoms with van der Waals surface area (Å²) >= 11 is 1.74. The molecule has 0 fully saturated rings. The Hall–Kier alpha value is -1.12. The second-order valence-electron chi connectivity index (χ2n) is 4.24. The fourth-order valence-electron chi connectivity index (χ4n) is 1.57. The van der Waals surface area contributed by atoms with Gasteiger partial charge in [0.25, 0.3) is 0 Å². The number of thiophene rings is 1. The van der Waals surface area contributed by atoms with E-state index < -0.39 is 0 Å². The maximum Gasteiger partial charge on any atom is 0.0207 e. The normalized spacial score (nSPS) is 10.9. The lowest BCUT2D eigenvalue weighted by Gasteiger charge is -2.08. The Morgan fingerprint density at radius 3 is 2.38 bits per heavy atom. The molecule has 0 aliphatic rings. The summed E-state index contributed by atoms with van der Waals surface area (Å²) in [6.07, 6.45) is 0. The van der Waals surface area contributed by atoms with E-state index in [9.17, 15) is 0 Å². The molecule has 0 aliphatic carbocycles. The molecule has 0 aliphatic heterocycles. The van der Waals surface area contributed by atoms with Crippen molar-refractivity contribution in [2.75, 3.05) is 0 Å². The van der Waals surface area contributed by atoms with Crippen molar-refractivity contribution in [3.05, 3.63) is 46.7 Å². The van der Waals surface area contributed by atoms with Gasteiger partial charge in [0.15, 0.2) is 0 Å². The summed E-state index contributed by atoms with van der Waals surface area (Å²) in [6.45, 7) is 5.28. The summed E-state index contributed by atoms with van der Waals surface area (Å²) in [5, 5.41) is 7.71. The predicted octanol–water partition coefficient (Wildman–Crippen LogP) is 3.91. The molecule has 84 valence electrons. The van der Waals surface area contributed by atoms with Crippen LogP contribution < -0.4 is 5.32 Å². The number of rotatable bonds is 4. The summed E-state index contributed by atoms with van der Waals surface area (Å²) < 4.78 is 0. The van der Waals surface area contributed by atoms with Crippen molar-refractivity contribution in [1.82, 2.24) is 5.32 Å². The maximum atomic E-state index is 3.42. The summed E-state index contributed by atoms with van der Waals surface area (Å²) in [5.41, 5.74) is 3.95. The van der Waals surface area contributed by atoms with Gasteiger partial charge < -0.3 is 5.32 Å². The molecule has 0 bridgehead atoms. The topological polar surface area (TPSA) is 12.0 Å². The van der Waals surface area contributed by atoms with Crippen LogP contribution in [-0.2, 0) is 6.54 Å². The molecule has 0 spiro atoms. The Bertz CT molecular complexity index is 415. The van der Waals surface area contributed by atoms with Crippen molar-refractivity contribution >= 4 is 11.3 Å². The SMILES string of the molecule is CC(C)NCc1ccc(-c2ccsc2)cc1. The minimum Gasteiger partial charge on any atom is -0.310 e. The van der Waals surface area contributed by atoms with Gasteiger partial charge in [-0.1, -0.05) is 38.1 Å². The summed E-state index contributed by atoms with van der Waals surface area (Å²) in [5.74, 6) is 0. The van der Waals surface area contributed by atoms with Gasteiger partial charge in [0.2, 0.25) is 0 Å². The van der Waals surface area contributed by atoms with Crippen molar-refractivity contribution < 1.29 is 0 Å². The van der Waals surface area contributed by atoms with Crippen molar-refractivity contribution in [1.29, 1.82) is 0 Å². The van der Waals surface area contributed by atoms with E-state index in [0.717, 1.165) is 6.54 Å². The van der Waals surface area contributed by atoms with Crippen LogP contribution in [0.4, 0.5) is 0 Å². The van der Waals surface area contributed by atoms with Crippen molar-refractivity contribution in [2.45, 2.75) is 26.4 Å². The van der Waals surface area contributed by atoms with Crippen molar-refractivity contribution in [2.24, 2.45) is 0 Å². The third kappa shape index (κ3) is 2.94. The smallest absolute Gasteiger partial charge is 0.0207 e. The van der Waals surface area contributed by atoms with Crippen LogP contribution in [0.25, 0.3) is 11.1 Å². The first-order valence-corrected chi connectivity index (χ1v) is 6.55. The van der Waals surface area contributed by atoms with Crippen LogP contribution in [0.15, 0.2) is 41.1 Å². The third-order valence-corrected chi connectivity index (χ3v) is 3.21. The zero-order valence-corrected chi connectivity index (χ0v) is 10.6. The standard InChI is InChI=1S/C14H17NS/c1-11(2)15-9-12-3-5-13(6-4-12)14-7-8-16-10-14/h3-8,10-11,15H,9H2,1-2H3. The number of hydrogen-bond acceptors (Lipinski definition) is 2. The Morgan fingerprint density at radius 1 is 1.06 bits per heavy atom. The van der Waals surface area contributed by atoms with Gasteiger partial charge in [-0.3, -0.25) is 0 Å². The Balaban J connectivity index is 2.05. The van der Waals surface area contributed by atoms with Gasteiger partial charge in [0, 0.05) is 12.6 Å². The molecule has 0 saturated heterocycles. The van der Waals surface area contributed by atoms with Crippen LogP contribution in [0, 0.1) is 0 Å². The average Bonchev–Trinajstić information content (AvgIpc) is 2.80. The predicted molar refractivity (Wildman–Crippen MR) is 71.7 cm³/mol. The molecular weight excluding hydrogens is 214 g/mol. The van der Waals surface area contributed by atoms with E-state index in [-0.39, 0.29) is 0 Å². The molecule has 1 aromatic heterocycles. The van der Waals surface area contributed by atoms with E-state index >= 15 is 0 Å². The largest absolute Gasteiger partial charge is 0.310 e. The van der Waals surface area contributed by atoms with Gasteiger partial charge in [-0.05, 0) is 33.5 Å². The average molecular weight is 231 g/mol. The lowest BCUT2D eigenvalue weighted by atomic mass is 10.1. The van der Waals surface area contributed by atoms with Crippen LogP contribution in [0.1, 0.15) is 19.4 Å². The summed E-state index contributed by atoms with van der Waals surface area (Å²) in [4.78, 5) is 0. The zero-order valence-electron chi connectivity index (χ0n) is 9.73. The van der Waals surface area contributed by atoms with Crippen LogP contribution in [0.2, 0.25) is 0 Å². The highest BCUT2D eigenvalue weighted by Crippen LogP contribution is 2.22. The first-order chi connectivity index (χ1) is 7.75. The van der Waals surface area contributed by atoms with E-state index in [1.165, 1.54) is 16.7 Å². The summed E-state index contributed by atoms with van der Waals surface area (Å²) in [6, 6.07) is 11.5. The van der Waals surface area contributed by atoms with Crippen LogP contribution in [0.3, 0.4) is 0 Å². The lowest BCUT2D eigenvalue weighted by Crippen LogP contribution is -2.21. The zero-order chi connectivity index (χ0) is 11.4. The Kier molecular flexibility index (Phi) is 3.75. The van der Waals surface area contributed by atoms with Gasteiger partial charge >= 0.3 is 0 Å². The summed E-state index contributed by atoms with van der Waals surface area (Å²) in [7, 11) is 0. The molecule has 2 heteroatoms. The van der Waals surface area contributed by atoms with E-state index in [0.29, 0.717) is 6.04 Å². The number of benzene rings is 1. The van der Waals surface area contributed by atoms with Gasteiger partial charge in [0.05, 0.1) is 0 Å². The van der Waals surface area contributed by atoms with Gasteiger partial charge in [0.1, 0.15) is 0 Å². The molecule has 2 rings (SSSR count). The van der Waals surface area contributed by atoms with Crippen LogP contribution in [-0.4, -0.2) is 6.04 Å². The first-order valence-electron chi connectivity index (χ1n) is 5.60.